The van der Waals surface area contributed by atoms with E-state index >= 15 is 0 Å². The molecule has 0 unspecified atom stereocenters. The zero-order chi connectivity index (χ0) is 24.1. The Morgan fingerprint density at radius 3 is 2.61 bits per heavy atom. The number of aliphatic hydroxyl groups is 1. The van der Waals surface area contributed by atoms with E-state index in [0.717, 1.165) is 10.9 Å². The predicted octanol–water partition coefficient (Wildman–Crippen LogP) is 2.13. The van der Waals surface area contributed by atoms with Gasteiger partial charge in [0.2, 0.25) is 5.91 Å². The molecule has 4 heterocycles. The van der Waals surface area contributed by atoms with E-state index in [1.807, 2.05) is 13.8 Å². The minimum Gasteiger partial charge on any atom is -0.465 e. The molecule has 0 fully saturated rings. The van der Waals surface area contributed by atoms with E-state index in [2.05, 4.69) is 34.7 Å². The molecule has 0 bridgehead atoms. The standard InChI is InChI=1S/C21H30N6O5Si/c1-21(2)16-17(26(19(21)29)12-32-6-7-33(3,4)5)22-11-23-18(16)27-8-13-14(24-27)9-25(20(30)31)15(13)10-28/h8,11,15,28H,6-7,9-10,12H2,1-5H3,(H,30,31)/t15-/m1/s1. The Balaban J connectivity index is 1.65. The molecule has 0 aromatic carbocycles. The van der Waals surface area contributed by atoms with Crippen LogP contribution in [-0.2, 0) is 21.5 Å². The van der Waals surface area contributed by atoms with Crippen molar-refractivity contribution in [3.8, 4) is 5.82 Å². The highest BCUT2D eigenvalue weighted by atomic mass is 28.3. The van der Waals surface area contributed by atoms with E-state index in [0.29, 0.717) is 35.1 Å². The molecule has 1 atom stereocenters. The molecule has 4 rings (SSSR count). The van der Waals surface area contributed by atoms with Crippen LogP contribution in [0.4, 0.5) is 10.6 Å². The van der Waals surface area contributed by atoms with Crippen LogP contribution in [-0.4, -0.2) is 74.9 Å². The van der Waals surface area contributed by atoms with Gasteiger partial charge in [-0.3, -0.25) is 14.6 Å². The van der Waals surface area contributed by atoms with Crippen LogP contribution in [0, 0.1) is 0 Å². The lowest BCUT2D eigenvalue weighted by Crippen LogP contribution is -2.38. The van der Waals surface area contributed by atoms with E-state index in [1.165, 1.54) is 6.33 Å². The predicted molar refractivity (Wildman–Crippen MR) is 122 cm³/mol. The Hall–Kier alpha value is -2.83. The summed E-state index contributed by atoms with van der Waals surface area (Å²) in [4.78, 5) is 36.2. The van der Waals surface area contributed by atoms with Crippen molar-refractivity contribution in [3.63, 3.8) is 0 Å². The number of carboxylic acid groups (broad SMARTS) is 1. The van der Waals surface area contributed by atoms with Crippen LogP contribution in [0.2, 0.25) is 25.7 Å². The van der Waals surface area contributed by atoms with Crippen LogP contribution in [0.1, 0.15) is 36.7 Å². The van der Waals surface area contributed by atoms with E-state index in [-0.39, 0.29) is 25.8 Å². The third kappa shape index (κ3) is 4.02. The van der Waals surface area contributed by atoms with Gasteiger partial charge in [-0.1, -0.05) is 19.6 Å². The molecule has 11 nitrogen and oxygen atoms in total. The quantitative estimate of drug-likeness (QED) is 0.460. The maximum atomic E-state index is 13.3. The maximum Gasteiger partial charge on any atom is 0.408 e. The summed E-state index contributed by atoms with van der Waals surface area (Å²) in [7, 11) is -1.25. The first-order chi connectivity index (χ1) is 15.5. The zero-order valence-electron chi connectivity index (χ0n) is 19.6. The Bertz CT molecular complexity index is 1100. The fourth-order valence-electron chi connectivity index (χ4n) is 4.27. The number of fused-ring (bicyclic) bond motifs is 2. The van der Waals surface area contributed by atoms with Crippen molar-refractivity contribution < 1.29 is 24.5 Å². The maximum absolute atomic E-state index is 13.3. The Morgan fingerprint density at radius 2 is 1.97 bits per heavy atom. The van der Waals surface area contributed by atoms with Crippen molar-refractivity contribution in [1.82, 2.24) is 24.6 Å². The first-order valence-corrected chi connectivity index (χ1v) is 14.6. The van der Waals surface area contributed by atoms with E-state index in [9.17, 15) is 19.8 Å². The Morgan fingerprint density at radius 1 is 1.27 bits per heavy atom. The number of hydrogen-bond acceptors (Lipinski definition) is 7. The summed E-state index contributed by atoms with van der Waals surface area (Å²) >= 11 is 0. The molecule has 2 N–H and O–H groups in total. The van der Waals surface area contributed by atoms with Crippen LogP contribution < -0.4 is 4.90 Å². The van der Waals surface area contributed by atoms with Crippen molar-refractivity contribution in [1.29, 1.82) is 0 Å². The highest BCUT2D eigenvalue weighted by Gasteiger charge is 2.48. The second kappa shape index (κ2) is 8.19. The van der Waals surface area contributed by atoms with Gasteiger partial charge in [-0.05, 0) is 19.9 Å². The first kappa shape index (κ1) is 23.3. The summed E-state index contributed by atoms with van der Waals surface area (Å²) in [5.74, 6) is 0.817. The van der Waals surface area contributed by atoms with Gasteiger partial charge in [-0.2, -0.15) is 5.10 Å². The number of rotatable bonds is 7. The number of nitrogens with zero attached hydrogens (tertiary/aromatic N) is 6. The molecule has 0 saturated carbocycles. The summed E-state index contributed by atoms with van der Waals surface area (Å²) in [5.41, 5.74) is 0.924. The molecule has 33 heavy (non-hydrogen) atoms. The first-order valence-electron chi connectivity index (χ1n) is 10.9. The minimum atomic E-state index is -1.25. The summed E-state index contributed by atoms with van der Waals surface area (Å²) in [6, 6.07) is 0.311. The Labute approximate surface area is 193 Å². The van der Waals surface area contributed by atoms with Gasteiger partial charge in [0.25, 0.3) is 0 Å². The molecule has 12 heteroatoms. The molecule has 178 valence electrons. The van der Waals surface area contributed by atoms with Crippen LogP contribution in [0.25, 0.3) is 5.82 Å². The average molecular weight is 475 g/mol. The Kier molecular flexibility index (Phi) is 5.79. The van der Waals surface area contributed by atoms with Gasteiger partial charge in [0.05, 0.1) is 35.9 Å². The lowest BCUT2D eigenvalue weighted by Gasteiger charge is -2.21. The lowest BCUT2D eigenvalue weighted by molar-refractivity contribution is -0.123. The van der Waals surface area contributed by atoms with Crippen molar-refractivity contribution in [2.75, 3.05) is 24.8 Å². The molecular formula is C21H30N6O5Si. The van der Waals surface area contributed by atoms with Gasteiger partial charge in [-0.25, -0.2) is 19.4 Å². The van der Waals surface area contributed by atoms with Crippen molar-refractivity contribution in [3.05, 3.63) is 29.3 Å². The summed E-state index contributed by atoms with van der Waals surface area (Å²) in [6.07, 6.45) is 1.95. The van der Waals surface area contributed by atoms with Crippen LogP contribution in [0.15, 0.2) is 12.5 Å². The molecule has 0 spiro atoms. The molecule has 0 radical (unpaired) electrons. The summed E-state index contributed by atoms with van der Waals surface area (Å²) in [6.45, 7) is 10.9. The second-order valence-corrected chi connectivity index (χ2v) is 15.8. The van der Waals surface area contributed by atoms with Gasteiger partial charge >= 0.3 is 6.09 Å². The normalized spacial score (nSPS) is 19.2. The topological polar surface area (TPSA) is 134 Å². The van der Waals surface area contributed by atoms with E-state index in [1.54, 1.807) is 15.8 Å². The van der Waals surface area contributed by atoms with Gasteiger partial charge < -0.3 is 14.9 Å². The SMILES string of the molecule is CC1(C)C(=O)N(COCC[Si](C)(C)C)c2ncnc(-n3cc4c(n3)CN(C(=O)O)[C@@H]4CO)c21. The minimum absolute atomic E-state index is 0.0789. The number of amides is 2. The monoisotopic (exact) mass is 474 g/mol. The molecule has 2 amide bonds. The fraction of sp³-hybridized carbons (Fsp3) is 0.571. The molecule has 2 aliphatic rings. The third-order valence-electron chi connectivity index (χ3n) is 6.20. The molecule has 0 aliphatic carbocycles. The third-order valence-corrected chi connectivity index (χ3v) is 7.90. The number of hydrogen-bond donors (Lipinski definition) is 2. The number of anilines is 1. The smallest absolute Gasteiger partial charge is 0.408 e. The van der Waals surface area contributed by atoms with Crippen molar-refractivity contribution in [2.45, 2.75) is 57.5 Å². The highest BCUT2D eigenvalue weighted by molar-refractivity contribution is 6.76. The number of ether oxygens (including phenoxy) is 1. The molecule has 2 aromatic rings. The van der Waals surface area contributed by atoms with Crippen LogP contribution >= 0.6 is 0 Å². The molecule has 2 aromatic heterocycles. The van der Waals surface area contributed by atoms with Crippen molar-refractivity contribution >= 4 is 25.9 Å². The summed E-state index contributed by atoms with van der Waals surface area (Å²) in [5, 5.41) is 23.7. The summed E-state index contributed by atoms with van der Waals surface area (Å²) < 4.78 is 7.39. The highest BCUT2D eigenvalue weighted by Crippen LogP contribution is 2.43. The van der Waals surface area contributed by atoms with E-state index in [4.69, 9.17) is 4.74 Å². The number of carbonyl (C=O) groups excluding carboxylic acids is 1. The largest absolute Gasteiger partial charge is 0.465 e. The second-order valence-electron chi connectivity index (χ2n) is 10.2. The fourth-order valence-corrected chi connectivity index (χ4v) is 5.03. The molecular weight excluding hydrogens is 444 g/mol. The zero-order valence-corrected chi connectivity index (χ0v) is 20.6. The van der Waals surface area contributed by atoms with Gasteiger partial charge in [0.15, 0.2) is 5.82 Å². The van der Waals surface area contributed by atoms with Crippen LogP contribution in [0.5, 0.6) is 0 Å². The molecule has 2 aliphatic heterocycles. The number of aromatic nitrogens is 4. The van der Waals surface area contributed by atoms with Gasteiger partial charge in [-0.15, -0.1) is 0 Å². The van der Waals surface area contributed by atoms with Crippen LogP contribution in [0.3, 0.4) is 0 Å². The van der Waals surface area contributed by atoms with E-state index < -0.39 is 25.6 Å². The number of carbonyl (C=O) groups is 2. The van der Waals surface area contributed by atoms with Gasteiger partial charge in [0, 0.05) is 26.4 Å². The van der Waals surface area contributed by atoms with Gasteiger partial charge in [0.1, 0.15) is 18.9 Å². The average Bonchev–Trinajstić information content (AvgIpc) is 3.34. The number of aliphatic hydroxyl groups excluding tert-OH is 1. The van der Waals surface area contributed by atoms with Crippen molar-refractivity contribution in [2.24, 2.45) is 0 Å². The lowest BCUT2D eigenvalue weighted by atomic mass is 9.87. The molecule has 0 saturated heterocycles.